The molecule has 3 aromatic rings. The van der Waals surface area contributed by atoms with Crippen LogP contribution < -0.4 is 0 Å². The third-order valence-corrected chi connectivity index (χ3v) is 4.44. The van der Waals surface area contributed by atoms with Crippen LogP contribution in [0.3, 0.4) is 0 Å². The van der Waals surface area contributed by atoms with Crippen LogP contribution in [0.1, 0.15) is 38.8 Å². The number of aromatic nitrogens is 2. The Morgan fingerprint density at radius 2 is 1.46 bits per heavy atom. The van der Waals surface area contributed by atoms with Gasteiger partial charge in [0.2, 0.25) is 0 Å². The second-order valence-electron chi connectivity index (χ2n) is 7.75. The van der Waals surface area contributed by atoms with Crippen LogP contribution >= 0.6 is 0 Å². The highest BCUT2D eigenvalue weighted by Gasteiger charge is 2.16. The third kappa shape index (κ3) is 4.04. The maximum Gasteiger partial charge on any atom is 0.144 e. The Morgan fingerprint density at radius 3 is 2.00 bits per heavy atom. The van der Waals surface area contributed by atoms with Crippen LogP contribution in [-0.2, 0) is 12.8 Å². The first-order valence-electron chi connectivity index (χ1n) is 9.36. The minimum absolute atomic E-state index is 0.229. The highest BCUT2D eigenvalue weighted by molar-refractivity contribution is 5.61. The van der Waals surface area contributed by atoms with Crippen molar-refractivity contribution in [3.8, 4) is 17.1 Å². The van der Waals surface area contributed by atoms with Gasteiger partial charge in [-0.2, -0.15) is 0 Å². The molecule has 0 bridgehead atoms. The molecule has 136 valence electrons. The quantitative estimate of drug-likeness (QED) is 0.527. The lowest BCUT2D eigenvalue weighted by atomic mass is 9.94. The standard InChI is InChI=1S/C23H27FN2/c1-16(2)14-19-6-5-7-20(15-17(3)4)22(19)26-13-12-25-23(26)18-8-10-21(24)11-9-18/h5-13,16-17H,14-15H2,1-4H3. The Bertz CT molecular complexity index is 832. The fraction of sp³-hybridized carbons (Fsp3) is 0.348. The van der Waals surface area contributed by atoms with Crippen LogP contribution in [0.5, 0.6) is 0 Å². The van der Waals surface area contributed by atoms with Crippen molar-refractivity contribution in [3.63, 3.8) is 0 Å². The van der Waals surface area contributed by atoms with E-state index in [1.165, 1.54) is 28.9 Å². The Balaban J connectivity index is 2.16. The lowest BCUT2D eigenvalue weighted by Gasteiger charge is -2.20. The predicted molar refractivity (Wildman–Crippen MR) is 106 cm³/mol. The maximum absolute atomic E-state index is 13.3. The van der Waals surface area contributed by atoms with Crippen molar-refractivity contribution in [2.24, 2.45) is 11.8 Å². The van der Waals surface area contributed by atoms with Crippen molar-refractivity contribution in [3.05, 3.63) is 71.8 Å². The molecule has 2 nitrogen and oxygen atoms in total. The summed E-state index contributed by atoms with van der Waals surface area (Å²) >= 11 is 0. The van der Waals surface area contributed by atoms with E-state index in [-0.39, 0.29) is 5.82 Å². The zero-order chi connectivity index (χ0) is 18.7. The van der Waals surface area contributed by atoms with E-state index in [2.05, 4.69) is 55.4 Å². The molecule has 0 aliphatic heterocycles. The number of imidazole rings is 1. The van der Waals surface area contributed by atoms with E-state index >= 15 is 0 Å². The summed E-state index contributed by atoms with van der Waals surface area (Å²) in [7, 11) is 0. The van der Waals surface area contributed by atoms with Crippen LogP contribution in [0.2, 0.25) is 0 Å². The molecule has 0 unspecified atom stereocenters. The summed E-state index contributed by atoms with van der Waals surface area (Å²) in [5.41, 5.74) is 4.82. The minimum atomic E-state index is -0.229. The van der Waals surface area contributed by atoms with Gasteiger partial charge in [0, 0.05) is 18.0 Å². The van der Waals surface area contributed by atoms with Gasteiger partial charge in [-0.1, -0.05) is 45.9 Å². The van der Waals surface area contributed by atoms with Crippen molar-refractivity contribution in [1.82, 2.24) is 9.55 Å². The zero-order valence-corrected chi connectivity index (χ0v) is 16.0. The zero-order valence-electron chi connectivity index (χ0n) is 16.0. The number of hydrogen-bond acceptors (Lipinski definition) is 1. The van der Waals surface area contributed by atoms with Crippen molar-refractivity contribution in [2.45, 2.75) is 40.5 Å². The van der Waals surface area contributed by atoms with E-state index in [0.717, 1.165) is 24.2 Å². The monoisotopic (exact) mass is 350 g/mol. The highest BCUT2D eigenvalue weighted by Crippen LogP contribution is 2.29. The maximum atomic E-state index is 13.3. The molecule has 2 aromatic carbocycles. The van der Waals surface area contributed by atoms with Crippen molar-refractivity contribution < 1.29 is 4.39 Å². The summed E-state index contributed by atoms with van der Waals surface area (Å²) in [6.07, 6.45) is 5.87. The van der Waals surface area contributed by atoms with Gasteiger partial charge in [-0.05, 0) is 60.1 Å². The SMILES string of the molecule is CC(C)Cc1cccc(CC(C)C)c1-n1ccnc1-c1ccc(F)cc1. The van der Waals surface area contributed by atoms with Gasteiger partial charge in [-0.15, -0.1) is 0 Å². The van der Waals surface area contributed by atoms with Gasteiger partial charge in [0.15, 0.2) is 0 Å². The summed E-state index contributed by atoms with van der Waals surface area (Å²) < 4.78 is 15.5. The van der Waals surface area contributed by atoms with E-state index in [0.29, 0.717) is 11.8 Å². The van der Waals surface area contributed by atoms with E-state index < -0.39 is 0 Å². The second kappa shape index (κ2) is 7.86. The first-order valence-corrected chi connectivity index (χ1v) is 9.36. The molecule has 0 N–H and O–H groups in total. The second-order valence-corrected chi connectivity index (χ2v) is 7.75. The molecule has 0 saturated heterocycles. The van der Waals surface area contributed by atoms with Gasteiger partial charge >= 0.3 is 0 Å². The summed E-state index contributed by atoms with van der Waals surface area (Å²) in [6, 6.07) is 13.2. The minimum Gasteiger partial charge on any atom is -0.299 e. The molecule has 26 heavy (non-hydrogen) atoms. The average molecular weight is 350 g/mol. The third-order valence-electron chi connectivity index (χ3n) is 4.44. The normalized spacial score (nSPS) is 11.5. The molecule has 3 heteroatoms. The van der Waals surface area contributed by atoms with Crippen LogP contribution in [0.4, 0.5) is 4.39 Å². The van der Waals surface area contributed by atoms with Gasteiger partial charge < -0.3 is 0 Å². The van der Waals surface area contributed by atoms with E-state index in [4.69, 9.17) is 0 Å². The number of hydrogen-bond donors (Lipinski definition) is 0. The van der Waals surface area contributed by atoms with Gasteiger partial charge in [0.1, 0.15) is 11.6 Å². The Labute approximate surface area is 155 Å². The van der Waals surface area contributed by atoms with E-state index in [1.54, 1.807) is 12.1 Å². The van der Waals surface area contributed by atoms with Crippen molar-refractivity contribution in [1.29, 1.82) is 0 Å². The number of para-hydroxylation sites is 1. The van der Waals surface area contributed by atoms with Crippen LogP contribution in [-0.4, -0.2) is 9.55 Å². The molecule has 3 rings (SSSR count). The predicted octanol–water partition coefficient (Wildman–Crippen LogP) is 6.08. The fourth-order valence-corrected chi connectivity index (χ4v) is 3.46. The molecular formula is C23H27FN2. The first-order chi connectivity index (χ1) is 12.5. The molecule has 0 amide bonds. The average Bonchev–Trinajstić information content (AvgIpc) is 3.04. The summed E-state index contributed by atoms with van der Waals surface area (Å²) in [6.45, 7) is 8.97. The Hall–Kier alpha value is -2.42. The molecule has 0 saturated carbocycles. The lowest BCUT2D eigenvalue weighted by molar-refractivity contribution is 0.627. The topological polar surface area (TPSA) is 17.8 Å². The molecule has 0 atom stereocenters. The van der Waals surface area contributed by atoms with Crippen molar-refractivity contribution >= 4 is 0 Å². The van der Waals surface area contributed by atoms with Gasteiger partial charge in [-0.3, -0.25) is 4.57 Å². The Kier molecular flexibility index (Phi) is 5.55. The fourth-order valence-electron chi connectivity index (χ4n) is 3.46. The van der Waals surface area contributed by atoms with Crippen LogP contribution in [0.15, 0.2) is 54.9 Å². The molecule has 1 heterocycles. The summed E-state index contributed by atoms with van der Waals surface area (Å²) in [5, 5.41) is 0. The van der Waals surface area contributed by atoms with E-state index in [1.807, 2.05) is 12.4 Å². The van der Waals surface area contributed by atoms with Crippen LogP contribution in [0.25, 0.3) is 17.1 Å². The lowest BCUT2D eigenvalue weighted by Crippen LogP contribution is -2.09. The number of halogens is 1. The molecule has 0 spiro atoms. The largest absolute Gasteiger partial charge is 0.299 e. The molecule has 1 aromatic heterocycles. The van der Waals surface area contributed by atoms with E-state index in [9.17, 15) is 4.39 Å². The molecule has 0 aliphatic carbocycles. The molecule has 0 radical (unpaired) electrons. The highest BCUT2D eigenvalue weighted by atomic mass is 19.1. The molecule has 0 fully saturated rings. The number of rotatable bonds is 6. The Morgan fingerprint density at radius 1 is 0.885 bits per heavy atom. The number of nitrogens with zero attached hydrogens (tertiary/aromatic N) is 2. The van der Waals surface area contributed by atoms with Crippen molar-refractivity contribution in [2.75, 3.05) is 0 Å². The first kappa shape index (κ1) is 18.4. The molecular weight excluding hydrogens is 323 g/mol. The van der Waals surface area contributed by atoms with Gasteiger partial charge in [0.05, 0.1) is 5.69 Å². The molecule has 0 aliphatic rings. The van der Waals surface area contributed by atoms with Crippen LogP contribution in [0, 0.1) is 17.7 Å². The summed E-state index contributed by atoms with van der Waals surface area (Å²) in [4.78, 5) is 4.57. The van der Waals surface area contributed by atoms with Gasteiger partial charge in [-0.25, -0.2) is 9.37 Å². The smallest absolute Gasteiger partial charge is 0.144 e. The summed E-state index contributed by atoms with van der Waals surface area (Å²) in [5.74, 6) is 1.76. The van der Waals surface area contributed by atoms with Gasteiger partial charge in [0.25, 0.3) is 0 Å². The number of benzene rings is 2.